The molecule has 10 heavy (non-hydrogen) atoms. The van der Waals surface area contributed by atoms with Crippen molar-refractivity contribution in [3.05, 3.63) is 0 Å². The molecule has 0 amide bonds. The van der Waals surface area contributed by atoms with E-state index in [0.29, 0.717) is 12.5 Å². The molecule has 0 aromatic heterocycles. The SMILES string of the molecule is CCC(C)NC(C)([O])CC. The molecule has 61 valence electrons. The highest BCUT2D eigenvalue weighted by Crippen LogP contribution is 2.06. The zero-order chi connectivity index (χ0) is 8.20. The molecule has 0 bridgehead atoms. The summed E-state index contributed by atoms with van der Waals surface area (Å²) in [5.74, 6) is 0. The molecule has 2 atom stereocenters. The van der Waals surface area contributed by atoms with Gasteiger partial charge in [-0.15, -0.1) is 0 Å². The Kier molecular flexibility index (Phi) is 3.91. The third-order valence-corrected chi connectivity index (χ3v) is 1.84. The topological polar surface area (TPSA) is 31.9 Å². The number of hydrogen-bond acceptors (Lipinski definition) is 1. The molecule has 2 unspecified atom stereocenters. The summed E-state index contributed by atoms with van der Waals surface area (Å²) in [4.78, 5) is 0. The maximum atomic E-state index is 11.3. The summed E-state index contributed by atoms with van der Waals surface area (Å²) in [6, 6.07) is 0.336. The van der Waals surface area contributed by atoms with Crippen molar-refractivity contribution in [3.63, 3.8) is 0 Å². The van der Waals surface area contributed by atoms with E-state index in [0.717, 1.165) is 6.42 Å². The number of nitrogens with one attached hydrogen (secondary N) is 1. The fourth-order valence-corrected chi connectivity index (χ4v) is 0.725. The molecule has 0 aliphatic rings. The minimum absolute atomic E-state index is 0.336. The molecule has 0 aliphatic heterocycles. The van der Waals surface area contributed by atoms with E-state index in [-0.39, 0.29) is 0 Å². The van der Waals surface area contributed by atoms with E-state index in [1.807, 2.05) is 13.8 Å². The van der Waals surface area contributed by atoms with Crippen molar-refractivity contribution in [2.45, 2.75) is 52.3 Å². The van der Waals surface area contributed by atoms with Crippen LogP contribution in [0.3, 0.4) is 0 Å². The fraction of sp³-hybridized carbons (Fsp3) is 1.00. The number of hydrogen-bond donors (Lipinski definition) is 1. The van der Waals surface area contributed by atoms with E-state index in [9.17, 15) is 5.11 Å². The van der Waals surface area contributed by atoms with Crippen molar-refractivity contribution >= 4 is 0 Å². The summed E-state index contributed by atoms with van der Waals surface area (Å²) in [7, 11) is 0. The molecule has 0 aliphatic carbocycles. The Morgan fingerprint density at radius 3 is 2.30 bits per heavy atom. The molecule has 0 saturated heterocycles. The summed E-state index contributed by atoms with van der Waals surface area (Å²) in [6.07, 6.45) is 1.65. The van der Waals surface area contributed by atoms with Crippen LogP contribution in [0, 0.1) is 0 Å². The summed E-state index contributed by atoms with van der Waals surface area (Å²) in [5, 5.41) is 14.3. The van der Waals surface area contributed by atoms with Gasteiger partial charge in [0.05, 0.1) is 0 Å². The molecule has 0 heterocycles. The van der Waals surface area contributed by atoms with Crippen LogP contribution in [0.5, 0.6) is 0 Å². The van der Waals surface area contributed by atoms with Crippen molar-refractivity contribution in [1.29, 1.82) is 0 Å². The van der Waals surface area contributed by atoms with Crippen LogP contribution in [-0.4, -0.2) is 11.8 Å². The molecule has 0 aromatic rings. The average molecular weight is 144 g/mol. The van der Waals surface area contributed by atoms with Crippen molar-refractivity contribution in [1.82, 2.24) is 5.32 Å². The largest absolute Gasteiger partial charge is 0.285 e. The highest BCUT2D eigenvalue weighted by Gasteiger charge is 2.20. The predicted molar refractivity (Wildman–Crippen MR) is 42.3 cm³/mol. The van der Waals surface area contributed by atoms with Crippen LogP contribution < -0.4 is 5.32 Å². The van der Waals surface area contributed by atoms with E-state index < -0.39 is 5.72 Å². The van der Waals surface area contributed by atoms with E-state index in [1.54, 1.807) is 6.92 Å². The van der Waals surface area contributed by atoms with E-state index in [4.69, 9.17) is 0 Å². The molecule has 0 spiro atoms. The minimum Gasteiger partial charge on any atom is -0.285 e. The average Bonchev–Trinajstić information content (AvgIpc) is 1.87. The predicted octanol–water partition coefficient (Wildman–Crippen LogP) is 1.93. The lowest BCUT2D eigenvalue weighted by molar-refractivity contribution is -0.0536. The Morgan fingerprint density at radius 2 is 2.00 bits per heavy atom. The van der Waals surface area contributed by atoms with Crippen LogP contribution in [0.2, 0.25) is 0 Å². The zero-order valence-corrected chi connectivity index (χ0v) is 7.40. The number of rotatable bonds is 4. The van der Waals surface area contributed by atoms with Crippen LogP contribution in [-0.2, 0) is 5.11 Å². The van der Waals surface area contributed by atoms with Crippen LogP contribution in [0.4, 0.5) is 0 Å². The third-order valence-electron chi connectivity index (χ3n) is 1.84. The van der Waals surface area contributed by atoms with Gasteiger partial charge in [0.25, 0.3) is 0 Å². The van der Waals surface area contributed by atoms with E-state index >= 15 is 0 Å². The molecule has 1 N–H and O–H groups in total. The third kappa shape index (κ3) is 3.85. The highest BCUT2D eigenvalue weighted by molar-refractivity contribution is 4.70. The standard InChI is InChI=1S/C8H18NO/c1-5-7(3)9-8(4,10)6-2/h7,9H,5-6H2,1-4H3. The van der Waals surface area contributed by atoms with Crippen LogP contribution in [0.1, 0.15) is 40.5 Å². The lowest BCUT2D eigenvalue weighted by atomic mass is 10.1. The molecular weight excluding hydrogens is 126 g/mol. The Morgan fingerprint density at radius 1 is 1.50 bits per heavy atom. The summed E-state index contributed by atoms with van der Waals surface area (Å²) in [6.45, 7) is 7.71. The molecular formula is C8H18NO. The van der Waals surface area contributed by atoms with Gasteiger partial charge in [-0.2, -0.15) is 0 Å². The van der Waals surface area contributed by atoms with E-state index in [1.165, 1.54) is 0 Å². The van der Waals surface area contributed by atoms with Gasteiger partial charge in [0, 0.05) is 6.04 Å². The lowest BCUT2D eigenvalue weighted by Gasteiger charge is -2.24. The molecule has 1 radical (unpaired) electrons. The van der Waals surface area contributed by atoms with Crippen molar-refractivity contribution < 1.29 is 5.11 Å². The Hall–Kier alpha value is -0.0800. The highest BCUT2D eigenvalue weighted by atomic mass is 16.3. The Balaban J connectivity index is 3.64. The van der Waals surface area contributed by atoms with Crippen LogP contribution in [0.25, 0.3) is 0 Å². The molecule has 2 nitrogen and oxygen atoms in total. The smallest absolute Gasteiger partial charge is 0.151 e. The first-order valence-corrected chi connectivity index (χ1v) is 4.00. The van der Waals surface area contributed by atoms with Gasteiger partial charge in [-0.1, -0.05) is 13.8 Å². The second-order valence-electron chi connectivity index (χ2n) is 3.04. The maximum Gasteiger partial charge on any atom is 0.151 e. The normalized spacial score (nSPS) is 20.1. The molecule has 0 aromatic carbocycles. The summed E-state index contributed by atoms with van der Waals surface area (Å²) < 4.78 is 0. The van der Waals surface area contributed by atoms with Crippen molar-refractivity contribution in [3.8, 4) is 0 Å². The monoisotopic (exact) mass is 144 g/mol. The van der Waals surface area contributed by atoms with Gasteiger partial charge in [0.1, 0.15) is 0 Å². The molecule has 0 saturated carbocycles. The van der Waals surface area contributed by atoms with Crippen LogP contribution in [0.15, 0.2) is 0 Å². The lowest BCUT2D eigenvalue weighted by Crippen LogP contribution is -2.45. The molecule has 0 rings (SSSR count). The van der Waals surface area contributed by atoms with Gasteiger partial charge in [-0.25, -0.2) is 5.11 Å². The van der Waals surface area contributed by atoms with Gasteiger partial charge < -0.3 is 0 Å². The van der Waals surface area contributed by atoms with Crippen molar-refractivity contribution in [2.75, 3.05) is 0 Å². The van der Waals surface area contributed by atoms with Crippen molar-refractivity contribution in [2.24, 2.45) is 0 Å². The first-order valence-electron chi connectivity index (χ1n) is 4.00. The zero-order valence-electron chi connectivity index (χ0n) is 7.40. The quantitative estimate of drug-likeness (QED) is 0.601. The Labute approximate surface area is 63.6 Å². The van der Waals surface area contributed by atoms with Gasteiger partial charge >= 0.3 is 0 Å². The maximum absolute atomic E-state index is 11.3. The minimum atomic E-state index is -0.935. The fourth-order valence-electron chi connectivity index (χ4n) is 0.725. The molecule has 0 fully saturated rings. The summed E-state index contributed by atoms with van der Waals surface area (Å²) in [5.41, 5.74) is -0.935. The van der Waals surface area contributed by atoms with Gasteiger partial charge in [0.2, 0.25) is 0 Å². The van der Waals surface area contributed by atoms with Gasteiger partial charge in [-0.05, 0) is 26.7 Å². The van der Waals surface area contributed by atoms with Gasteiger partial charge in [-0.3, -0.25) is 5.32 Å². The second kappa shape index (κ2) is 3.94. The second-order valence-corrected chi connectivity index (χ2v) is 3.04. The first-order chi connectivity index (χ1) is 4.52. The van der Waals surface area contributed by atoms with Crippen LogP contribution >= 0.6 is 0 Å². The first kappa shape index (κ1) is 9.92. The summed E-state index contributed by atoms with van der Waals surface area (Å²) >= 11 is 0. The Bertz CT molecular complexity index is 91.3. The van der Waals surface area contributed by atoms with E-state index in [2.05, 4.69) is 12.2 Å². The van der Waals surface area contributed by atoms with Gasteiger partial charge in [0.15, 0.2) is 5.72 Å². The molecule has 2 heteroatoms.